The number of carbonyl (C=O) groups is 1. The van der Waals surface area contributed by atoms with Gasteiger partial charge in [-0.05, 0) is 18.1 Å². The molecule has 0 spiro atoms. The van der Waals surface area contributed by atoms with Gasteiger partial charge in [0.25, 0.3) is 5.91 Å². The van der Waals surface area contributed by atoms with Crippen LogP contribution in [0.1, 0.15) is 21.6 Å². The Bertz CT molecular complexity index is 588. The quantitative estimate of drug-likeness (QED) is 0.801. The van der Waals surface area contributed by atoms with Gasteiger partial charge in [0.05, 0.1) is 18.6 Å². The van der Waals surface area contributed by atoms with Crippen molar-refractivity contribution < 1.29 is 4.79 Å². The lowest BCUT2D eigenvalue weighted by molar-refractivity contribution is 0.0723. The molecule has 0 radical (unpaired) electrons. The minimum Gasteiger partial charge on any atom is -0.336 e. The summed E-state index contributed by atoms with van der Waals surface area (Å²) in [6, 6.07) is 7.86. The van der Waals surface area contributed by atoms with Crippen LogP contribution in [0.3, 0.4) is 0 Å². The normalized spacial score (nSPS) is 14.7. The number of carbonyl (C=O) groups excluding carboxylic acids is 1. The third-order valence-electron chi connectivity index (χ3n) is 3.46. The standard InChI is InChI=1S/C14H15N3O/c1-16-10-15-8-12(16)9-17-7-6-11-4-2-3-5-13(11)14(17)18/h2-5,8,10H,6-7,9H2,1H3. The molecule has 1 amide bonds. The second-order valence-corrected chi connectivity index (χ2v) is 4.63. The molecule has 0 saturated carbocycles. The van der Waals surface area contributed by atoms with Crippen LogP contribution >= 0.6 is 0 Å². The largest absolute Gasteiger partial charge is 0.336 e. The number of rotatable bonds is 2. The molecule has 1 aromatic heterocycles. The minimum atomic E-state index is 0.123. The number of nitrogens with zero attached hydrogens (tertiary/aromatic N) is 3. The fourth-order valence-corrected chi connectivity index (χ4v) is 2.36. The molecule has 0 N–H and O–H groups in total. The van der Waals surface area contributed by atoms with E-state index in [9.17, 15) is 4.79 Å². The first kappa shape index (κ1) is 11.0. The molecule has 1 aliphatic heterocycles. The zero-order valence-corrected chi connectivity index (χ0v) is 10.3. The van der Waals surface area contributed by atoms with Crippen molar-refractivity contribution in [2.24, 2.45) is 7.05 Å². The van der Waals surface area contributed by atoms with Crippen LogP contribution < -0.4 is 0 Å². The Morgan fingerprint density at radius 3 is 2.94 bits per heavy atom. The Morgan fingerprint density at radius 1 is 1.33 bits per heavy atom. The third kappa shape index (κ3) is 1.79. The minimum absolute atomic E-state index is 0.123. The molecular weight excluding hydrogens is 226 g/mol. The smallest absolute Gasteiger partial charge is 0.254 e. The molecule has 4 nitrogen and oxygen atoms in total. The first-order chi connectivity index (χ1) is 8.75. The molecule has 0 unspecified atom stereocenters. The van der Waals surface area contributed by atoms with Crippen molar-refractivity contribution in [3.8, 4) is 0 Å². The van der Waals surface area contributed by atoms with Crippen molar-refractivity contribution in [1.82, 2.24) is 14.5 Å². The van der Waals surface area contributed by atoms with Crippen LogP contribution in [0.15, 0.2) is 36.8 Å². The maximum Gasteiger partial charge on any atom is 0.254 e. The summed E-state index contributed by atoms with van der Waals surface area (Å²) in [5.41, 5.74) is 3.05. The van der Waals surface area contributed by atoms with Crippen LogP contribution in [0, 0.1) is 0 Å². The average Bonchev–Trinajstić information content (AvgIpc) is 2.79. The summed E-state index contributed by atoms with van der Waals surface area (Å²) < 4.78 is 1.95. The Labute approximate surface area is 106 Å². The first-order valence-electron chi connectivity index (χ1n) is 6.08. The Hall–Kier alpha value is -2.10. The number of aromatic nitrogens is 2. The maximum absolute atomic E-state index is 12.4. The summed E-state index contributed by atoms with van der Waals surface area (Å²) >= 11 is 0. The Balaban J connectivity index is 1.85. The zero-order chi connectivity index (χ0) is 12.5. The van der Waals surface area contributed by atoms with E-state index < -0.39 is 0 Å². The lowest BCUT2D eigenvalue weighted by Gasteiger charge is -2.28. The van der Waals surface area contributed by atoms with Crippen molar-refractivity contribution in [3.05, 3.63) is 53.6 Å². The maximum atomic E-state index is 12.4. The van der Waals surface area contributed by atoms with Crippen LogP contribution in [0.5, 0.6) is 0 Å². The molecule has 4 heteroatoms. The predicted octanol–water partition coefficient (Wildman–Crippen LogP) is 1.62. The highest BCUT2D eigenvalue weighted by Gasteiger charge is 2.24. The molecule has 0 atom stereocenters. The molecule has 92 valence electrons. The van der Waals surface area contributed by atoms with Crippen molar-refractivity contribution in [2.75, 3.05) is 6.54 Å². The SMILES string of the molecule is Cn1cncc1CN1CCc2ccccc2C1=O. The highest BCUT2D eigenvalue weighted by atomic mass is 16.2. The summed E-state index contributed by atoms with van der Waals surface area (Å²) in [6.45, 7) is 1.41. The second-order valence-electron chi connectivity index (χ2n) is 4.63. The van der Waals surface area contributed by atoms with Gasteiger partial charge in [-0.15, -0.1) is 0 Å². The molecular formula is C14H15N3O. The van der Waals surface area contributed by atoms with Crippen LogP contribution in [0.4, 0.5) is 0 Å². The molecule has 18 heavy (non-hydrogen) atoms. The van der Waals surface area contributed by atoms with Crippen LogP contribution in [-0.2, 0) is 20.0 Å². The van der Waals surface area contributed by atoms with Gasteiger partial charge in [0, 0.05) is 25.4 Å². The van der Waals surface area contributed by atoms with Gasteiger partial charge in [-0.1, -0.05) is 18.2 Å². The van der Waals surface area contributed by atoms with Crippen molar-refractivity contribution in [2.45, 2.75) is 13.0 Å². The van der Waals surface area contributed by atoms with Gasteiger partial charge in [0.15, 0.2) is 0 Å². The molecule has 0 aliphatic carbocycles. The number of hydrogen-bond acceptors (Lipinski definition) is 2. The number of aryl methyl sites for hydroxylation is 1. The van der Waals surface area contributed by atoms with E-state index in [1.54, 1.807) is 6.33 Å². The van der Waals surface area contributed by atoms with E-state index in [1.807, 2.05) is 47.0 Å². The molecule has 2 heterocycles. The third-order valence-corrected chi connectivity index (χ3v) is 3.46. The topological polar surface area (TPSA) is 38.1 Å². The monoisotopic (exact) mass is 241 g/mol. The molecule has 1 aliphatic rings. The summed E-state index contributed by atoms with van der Waals surface area (Å²) in [4.78, 5) is 18.3. The van der Waals surface area contributed by atoms with Crippen molar-refractivity contribution in [1.29, 1.82) is 0 Å². The summed E-state index contributed by atoms with van der Waals surface area (Å²) in [6.07, 6.45) is 4.51. The van der Waals surface area contributed by atoms with E-state index in [-0.39, 0.29) is 5.91 Å². The average molecular weight is 241 g/mol. The van der Waals surface area contributed by atoms with Crippen LogP contribution in [-0.4, -0.2) is 26.9 Å². The predicted molar refractivity (Wildman–Crippen MR) is 68.1 cm³/mol. The summed E-state index contributed by atoms with van der Waals surface area (Å²) in [5.74, 6) is 0.123. The molecule has 3 rings (SSSR count). The van der Waals surface area contributed by atoms with E-state index in [4.69, 9.17) is 0 Å². The van der Waals surface area contributed by atoms with Gasteiger partial charge < -0.3 is 9.47 Å². The molecule has 0 bridgehead atoms. The highest BCUT2D eigenvalue weighted by molar-refractivity contribution is 5.96. The van der Waals surface area contributed by atoms with E-state index in [1.165, 1.54) is 0 Å². The van der Waals surface area contributed by atoms with E-state index in [0.717, 1.165) is 29.8 Å². The number of fused-ring (bicyclic) bond motifs is 1. The van der Waals surface area contributed by atoms with Gasteiger partial charge in [-0.3, -0.25) is 4.79 Å². The van der Waals surface area contributed by atoms with Crippen molar-refractivity contribution >= 4 is 5.91 Å². The van der Waals surface area contributed by atoms with Gasteiger partial charge in [-0.2, -0.15) is 0 Å². The van der Waals surface area contributed by atoms with E-state index in [2.05, 4.69) is 4.98 Å². The molecule has 0 fully saturated rings. The number of hydrogen-bond donors (Lipinski definition) is 0. The number of imidazole rings is 1. The number of amides is 1. The Morgan fingerprint density at radius 2 is 2.17 bits per heavy atom. The van der Waals surface area contributed by atoms with E-state index in [0.29, 0.717) is 6.54 Å². The Kier molecular flexibility index (Phi) is 2.63. The van der Waals surface area contributed by atoms with Gasteiger partial charge in [0.1, 0.15) is 0 Å². The lowest BCUT2D eigenvalue weighted by atomic mass is 9.99. The summed E-state index contributed by atoms with van der Waals surface area (Å²) in [7, 11) is 1.95. The van der Waals surface area contributed by atoms with Gasteiger partial charge in [0.2, 0.25) is 0 Å². The van der Waals surface area contributed by atoms with Crippen LogP contribution in [0.25, 0.3) is 0 Å². The first-order valence-corrected chi connectivity index (χ1v) is 6.08. The molecule has 1 aromatic carbocycles. The fraction of sp³-hybridized carbons (Fsp3) is 0.286. The highest BCUT2D eigenvalue weighted by Crippen LogP contribution is 2.20. The zero-order valence-electron chi connectivity index (χ0n) is 10.3. The summed E-state index contributed by atoms with van der Waals surface area (Å²) in [5, 5.41) is 0. The van der Waals surface area contributed by atoms with Crippen LogP contribution in [0.2, 0.25) is 0 Å². The van der Waals surface area contributed by atoms with E-state index >= 15 is 0 Å². The molecule has 0 saturated heterocycles. The van der Waals surface area contributed by atoms with Gasteiger partial charge in [-0.25, -0.2) is 4.98 Å². The van der Waals surface area contributed by atoms with Gasteiger partial charge >= 0.3 is 0 Å². The van der Waals surface area contributed by atoms with Crippen molar-refractivity contribution in [3.63, 3.8) is 0 Å². The number of benzene rings is 1. The lowest BCUT2D eigenvalue weighted by Crippen LogP contribution is -2.37. The fourth-order valence-electron chi connectivity index (χ4n) is 2.36. The second kappa shape index (κ2) is 4.29. The molecule has 2 aromatic rings.